The van der Waals surface area contributed by atoms with E-state index in [1.165, 1.54) is 0 Å². The molecular weight excluding hydrogens is 254 g/mol. The van der Waals surface area contributed by atoms with Gasteiger partial charge in [-0.05, 0) is 18.2 Å². The molecule has 1 aromatic heterocycles. The zero-order valence-corrected chi connectivity index (χ0v) is 11.6. The normalized spacial score (nSPS) is 17.1. The molecule has 6 heteroatoms. The molecule has 0 spiro atoms. The van der Waals surface area contributed by atoms with Crippen molar-refractivity contribution in [3.05, 3.63) is 24.0 Å². The van der Waals surface area contributed by atoms with Crippen molar-refractivity contribution >= 4 is 22.6 Å². The summed E-state index contributed by atoms with van der Waals surface area (Å²) in [4.78, 5) is 23.4. The van der Waals surface area contributed by atoms with Crippen molar-refractivity contribution in [1.29, 1.82) is 0 Å². The molecule has 3 rings (SSSR count). The first-order chi connectivity index (χ1) is 9.61. The van der Waals surface area contributed by atoms with Crippen LogP contribution in [0.4, 0.5) is 5.69 Å². The van der Waals surface area contributed by atoms with E-state index in [0.29, 0.717) is 6.54 Å². The minimum absolute atomic E-state index is 0.189. The highest BCUT2D eigenvalue weighted by molar-refractivity contribution is 5.79. The molecule has 1 aliphatic rings. The number of aromatic nitrogens is 2. The number of nitrogen functional groups attached to an aromatic ring is 1. The third-order valence-electron chi connectivity index (χ3n) is 3.76. The Morgan fingerprint density at radius 3 is 3.05 bits per heavy atom. The maximum atomic E-state index is 11.6. The highest BCUT2D eigenvalue weighted by Gasteiger charge is 2.20. The maximum absolute atomic E-state index is 11.6. The van der Waals surface area contributed by atoms with Crippen molar-refractivity contribution < 1.29 is 4.79 Å². The van der Waals surface area contributed by atoms with Crippen molar-refractivity contribution in [3.63, 3.8) is 0 Å². The van der Waals surface area contributed by atoms with Crippen LogP contribution >= 0.6 is 0 Å². The van der Waals surface area contributed by atoms with Crippen LogP contribution < -0.4 is 5.73 Å². The number of nitrogens with zero attached hydrogens (tertiary/aromatic N) is 3. The topological polar surface area (TPSA) is 78.2 Å². The van der Waals surface area contributed by atoms with Gasteiger partial charge in [-0.15, -0.1) is 0 Å². The monoisotopic (exact) mass is 273 g/mol. The van der Waals surface area contributed by atoms with Crippen molar-refractivity contribution in [2.45, 2.75) is 6.42 Å². The summed E-state index contributed by atoms with van der Waals surface area (Å²) in [5, 5.41) is 0. The molecule has 1 aromatic carbocycles. The van der Waals surface area contributed by atoms with Crippen LogP contribution in [-0.4, -0.2) is 58.9 Å². The van der Waals surface area contributed by atoms with Crippen molar-refractivity contribution in [2.24, 2.45) is 0 Å². The van der Waals surface area contributed by atoms with Gasteiger partial charge in [-0.3, -0.25) is 9.69 Å². The van der Waals surface area contributed by atoms with E-state index >= 15 is 0 Å². The van der Waals surface area contributed by atoms with Gasteiger partial charge >= 0.3 is 0 Å². The molecule has 0 bridgehead atoms. The molecule has 3 N–H and O–H groups in total. The molecule has 0 atom stereocenters. The second-order valence-electron chi connectivity index (χ2n) is 5.30. The van der Waals surface area contributed by atoms with Gasteiger partial charge in [0, 0.05) is 38.8 Å². The summed E-state index contributed by atoms with van der Waals surface area (Å²) in [7, 11) is 1.85. The number of H-pyrrole nitrogens is 1. The molecule has 0 aliphatic carbocycles. The number of nitrogens with two attached hydrogens (primary N) is 1. The summed E-state index contributed by atoms with van der Waals surface area (Å²) in [6, 6.07) is 5.67. The van der Waals surface area contributed by atoms with Crippen LogP contribution in [0, 0.1) is 0 Å². The van der Waals surface area contributed by atoms with E-state index in [4.69, 9.17) is 5.73 Å². The number of anilines is 1. The number of rotatable bonds is 3. The minimum Gasteiger partial charge on any atom is -0.399 e. The van der Waals surface area contributed by atoms with Gasteiger partial charge < -0.3 is 15.6 Å². The lowest BCUT2D eigenvalue weighted by atomic mass is 10.3. The van der Waals surface area contributed by atoms with Gasteiger partial charge in [0.2, 0.25) is 5.91 Å². The Hall–Kier alpha value is -2.08. The molecule has 1 amide bonds. The average molecular weight is 273 g/mol. The van der Waals surface area contributed by atoms with E-state index < -0.39 is 0 Å². The lowest BCUT2D eigenvalue weighted by molar-refractivity contribution is -0.134. The lowest BCUT2D eigenvalue weighted by Gasteiger charge is -2.31. The van der Waals surface area contributed by atoms with E-state index in [1.54, 1.807) is 4.90 Å². The van der Waals surface area contributed by atoms with Crippen LogP contribution in [-0.2, 0) is 11.2 Å². The van der Waals surface area contributed by atoms with Crippen molar-refractivity contribution in [2.75, 3.05) is 39.0 Å². The first kappa shape index (κ1) is 12.9. The van der Waals surface area contributed by atoms with Crippen molar-refractivity contribution in [1.82, 2.24) is 19.8 Å². The minimum atomic E-state index is 0.189. The molecule has 0 unspecified atom stereocenters. The van der Waals surface area contributed by atoms with Gasteiger partial charge in [-0.25, -0.2) is 4.98 Å². The Kier molecular flexibility index (Phi) is 3.31. The molecule has 1 saturated heterocycles. The first-order valence-electron chi connectivity index (χ1n) is 6.82. The maximum Gasteiger partial charge on any atom is 0.236 e. The highest BCUT2D eigenvalue weighted by Crippen LogP contribution is 2.15. The predicted molar refractivity (Wildman–Crippen MR) is 78.3 cm³/mol. The number of aromatic amines is 1. The number of likely N-dealkylation sites (N-methyl/N-ethyl adjacent to an activating group) is 1. The van der Waals surface area contributed by atoms with Crippen LogP contribution in [0.25, 0.3) is 11.0 Å². The zero-order valence-electron chi connectivity index (χ0n) is 11.6. The number of piperazine rings is 1. The molecule has 0 saturated carbocycles. The van der Waals surface area contributed by atoms with Gasteiger partial charge in [0.1, 0.15) is 5.82 Å². The van der Waals surface area contributed by atoms with E-state index in [0.717, 1.165) is 48.6 Å². The molecule has 1 fully saturated rings. The number of nitrogens with one attached hydrogen (secondary N) is 1. The van der Waals surface area contributed by atoms with Crippen LogP contribution in [0.2, 0.25) is 0 Å². The second kappa shape index (κ2) is 5.13. The van der Waals surface area contributed by atoms with Gasteiger partial charge in [-0.1, -0.05) is 0 Å². The predicted octanol–water partition coefficient (Wildman–Crippen LogP) is 0.462. The standard InChI is InChI=1S/C14H19N5O/c1-18-6-7-19(9-14(18)20)5-4-13-16-11-3-2-10(15)8-12(11)17-13/h2-3,8H,4-7,9,15H2,1H3,(H,16,17). The van der Waals surface area contributed by atoms with E-state index in [-0.39, 0.29) is 5.91 Å². The highest BCUT2D eigenvalue weighted by atomic mass is 16.2. The van der Waals surface area contributed by atoms with E-state index in [9.17, 15) is 4.79 Å². The fourth-order valence-electron chi connectivity index (χ4n) is 2.46. The summed E-state index contributed by atoms with van der Waals surface area (Å²) < 4.78 is 0. The quantitative estimate of drug-likeness (QED) is 0.796. The van der Waals surface area contributed by atoms with E-state index in [1.807, 2.05) is 25.2 Å². The Morgan fingerprint density at radius 1 is 1.40 bits per heavy atom. The fraction of sp³-hybridized carbons (Fsp3) is 0.429. The molecular formula is C14H19N5O. The molecule has 6 nitrogen and oxygen atoms in total. The number of fused-ring (bicyclic) bond motifs is 1. The van der Waals surface area contributed by atoms with E-state index in [2.05, 4.69) is 14.9 Å². The zero-order chi connectivity index (χ0) is 14.1. The molecule has 0 radical (unpaired) electrons. The number of carbonyl (C=O) groups excluding carboxylic acids is 1. The molecule has 2 heterocycles. The summed E-state index contributed by atoms with van der Waals surface area (Å²) >= 11 is 0. The molecule has 2 aromatic rings. The van der Waals surface area contributed by atoms with Crippen LogP contribution in [0.1, 0.15) is 5.82 Å². The largest absolute Gasteiger partial charge is 0.399 e. The third-order valence-corrected chi connectivity index (χ3v) is 3.76. The van der Waals surface area contributed by atoms with Gasteiger partial charge in [0.15, 0.2) is 0 Å². The number of hydrogen-bond acceptors (Lipinski definition) is 4. The second-order valence-corrected chi connectivity index (χ2v) is 5.30. The lowest BCUT2D eigenvalue weighted by Crippen LogP contribution is -2.48. The van der Waals surface area contributed by atoms with Crippen molar-refractivity contribution in [3.8, 4) is 0 Å². The van der Waals surface area contributed by atoms with Crippen LogP contribution in [0.5, 0.6) is 0 Å². The molecule has 20 heavy (non-hydrogen) atoms. The van der Waals surface area contributed by atoms with Gasteiger partial charge in [-0.2, -0.15) is 0 Å². The third kappa shape index (κ3) is 2.60. The smallest absolute Gasteiger partial charge is 0.236 e. The van der Waals surface area contributed by atoms with Crippen LogP contribution in [0.15, 0.2) is 18.2 Å². The molecule has 106 valence electrons. The number of hydrogen-bond donors (Lipinski definition) is 2. The number of carbonyl (C=O) groups is 1. The van der Waals surface area contributed by atoms with Crippen LogP contribution in [0.3, 0.4) is 0 Å². The first-order valence-corrected chi connectivity index (χ1v) is 6.82. The van der Waals surface area contributed by atoms with Gasteiger partial charge in [0.05, 0.1) is 17.6 Å². The number of imidazole rings is 1. The SMILES string of the molecule is CN1CCN(CCc2nc3ccc(N)cc3[nH]2)CC1=O. The average Bonchev–Trinajstić information content (AvgIpc) is 2.82. The molecule has 1 aliphatic heterocycles. The Bertz CT molecular complexity index is 636. The summed E-state index contributed by atoms with van der Waals surface area (Å²) in [6.07, 6.45) is 0.811. The van der Waals surface area contributed by atoms with Gasteiger partial charge in [0.25, 0.3) is 0 Å². The Morgan fingerprint density at radius 2 is 2.25 bits per heavy atom. The summed E-state index contributed by atoms with van der Waals surface area (Å²) in [5.74, 6) is 1.13. The number of amides is 1. The summed E-state index contributed by atoms with van der Waals surface area (Å²) in [6.45, 7) is 3.07. The fourth-order valence-corrected chi connectivity index (χ4v) is 2.46. The summed E-state index contributed by atoms with van der Waals surface area (Å²) in [5.41, 5.74) is 8.39. The number of benzene rings is 1. The Labute approximate surface area is 117 Å². The Balaban J connectivity index is 1.64.